The summed E-state index contributed by atoms with van der Waals surface area (Å²) < 4.78 is 5.15. The van der Waals surface area contributed by atoms with Crippen LogP contribution in [0.3, 0.4) is 0 Å². The summed E-state index contributed by atoms with van der Waals surface area (Å²) in [5, 5.41) is 0. The van der Waals surface area contributed by atoms with Gasteiger partial charge in [0.05, 0.1) is 12.5 Å². The van der Waals surface area contributed by atoms with Crippen molar-refractivity contribution >= 4 is 23.3 Å². The summed E-state index contributed by atoms with van der Waals surface area (Å²) in [5.41, 5.74) is 7.17. The number of nitrogens with zero attached hydrogens (tertiary/aromatic N) is 4. The lowest BCUT2D eigenvalue weighted by atomic mass is 9.97. The Morgan fingerprint density at radius 2 is 1.88 bits per heavy atom. The Hall–Kier alpha value is -2.05. The van der Waals surface area contributed by atoms with Crippen LogP contribution >= 0.6 is 0 Å². The third-order valence-corrected chi connectivity index (χ3v) is 5.63. The molecule has 1 aromatic heterocycles. The predicted octanol–water partition coefficient (Wildman–Crippen LogP) is 2.61. The van der Waals surface area contributed by atoms with Gasteiger partial charge in [-0.2, -0.15) is 0 Å². The normalized spacial score (nSPS) is 21.7. The molecule has 2 saturated heterocycles. The van der Waals surface area contributed by atoms with Crippen molar-refractivity contribution in [3.8, 4) is 0 Å². The van der Waals surface area contributed by atoms with E-state index < -0.39 is 0 Å². The predicted molar refractivity (Wildman–Crippen MR) is 103 cm³/mol. The minimum Gasteiger partial charge on any atom is -0.466 e. The van der Waals surface area contributed by atoms with E-state index in [-0.39, 0.29) is 11.9 Å². The number of carbonyl (C=O) groups is 1. The molecule has 1 aromatic rings. The summed E-state index contributed by atoms with van der Waals surface area (Å²) in [6.07, 6.45) is 7.93. The molecule has 7 heteroatoms. The lowest BCUT2D eigenvalue weighted by Crippen LogP contribution is -2.41. The number of hydrogen-bond donors (Lipinski definition) is 1. The Bertz CT molecular complexity index is 616. The number of aromatic nitrogens is 2. The highest BCUT2D eigenvalue weighted by Gasteiger charge is 2.30. The van der Waals surface area contributed by atoms with Crippen LogP contribution in [0.2, 0.25) is 0 Å². The van der Waals surface area contributed by atoms with Gasteiger partial charge in [0, 0.05) is 25.7 Å². The molecule has 1 unspecified atom stereocenters. The van der Waals surface area contributed by atoms with Crippen molar-refractivity contribution in [2.24, 2.45) is 5.92 Å². The number of esters is 1. The quantitative estimate of drug-likeness (QED) is 0.807. The maximum absolute atomic E-state index is 11.9. The van der Waals surface area contributed by atoms with Gasteiger partial charge in [-0.05, 0) is 45.4 Å². The molecular formula is C19H31N5O2. The zero-order valence-electron chi connectivity index (χ0n) is 16.0. The lowest BCUT2D eigenvalue weighted by Gasteiger charge is -2.38. The van der Waals surface area contributed by atoms with E-state index in [9.17, 15) is 4.79 Å². The molecule has 0 spiro atoms. The minimum absolute atomic E-state index is 0.0136. The molecule has 144 valence electrons. The second-order valence-electron chi connectivity index (χ2n) is 7.20. The summed E-state index contributed by atoms with van der Waals surface area (Å²) in [6, 6.07) is 0.503. The van der Waals surface area contributed by atoms with Crippen LogP contribution in [-0.2, 0) is 9.53 Å². The number of nitrogens with two attached hydrogens (primary N) is 1. The second-order valence-corrected chi connectivity index (χ2v) is 7.20. The van der Waals surface area contributed by atoms with Crippen LogP contribution in [0.4, 0.5) is 17.3 Å². The Morgan fingerprint density at radius 3 is 2.58 bits per heavy atom. The van der Waals surface area contributed by atoms with E-state index >= 15 is 0 Å². The van der Waals surface area contributed by atoms with Crippen LogP contribution in [0.15, 0.2) is 6.33 Å². The van der Waals surface area contributed by atoms with Crippen LogP contribution in [0.25, 0.3) is 0 Å². The van der Waals surface area contributed by atoms with Crippen molar-refractivity contribution in [3.63, 3.8) is 0 Å². The zero-order chi connectivity index (χ0) is 18.5. The van der Waals surface area contributed by atoms with Crippen LogP contribution in [-0.4, -0.2) is 48.2 Å². The molecular weight excluding hydrogens is 330 g/mol. The fraction of sp³-hybridized carbons (Fsp3) is 0.737. The maximum atomic E-state index is 11.9. The second kappa shape index (κ2) is 8.56. The molecule has 2 N–H and O–H groups in total. The molecule has 2 aliphatic heterocycles. The van der Waals surface area contributed by atoms with E-state index in [1.54, 1.807) is 6.33 Å². The molecule has 1 atom stereocenters. The number of hydrogen-bond acceptors (Lipinski definition) is 7. The van der Waals surface area contributed by atoms with Gasteiger partial charge in [0.2, 0.25) is 0 Å². The Labute approximate surface area is 155 Å². The highest BCUT2D eigenvalue weighted by molar-refractivity contribution is 5.77. The summed E-state index contributed by atoms with van der Waals surface area (Å²) >= 11 is 0. The molecule has 26 heavy (non-hydrogen) atoms. The van der Waals surface area contributed by atoms with E-state index in [1.165, 1.54) is 19.3 Å². The van der Waals surface area contributed by atoms with Gasteiger partial charge in [0.15, 0.2) is 11.6 Å². The Balaban J connectivity index is 1.73. The smallest absolute Gasteiger partial charge is 0.309 e. The van der Waals surface area contributed by atoms with E-state index in [1.807, 2.05) is 6.92 Å². The molecule has 0 amide bonds. The van der Waals surface area contributed by atoms with Gasteiger partial charge in [-0.25, -0.2) is 9.97 Å². The highest BCUT2D eigenvalue weighted by Crippen LogP contribution is 2.35. The van der Waals surface area contributed by atoms with Gasteiger partial charge in [0.25, 0.3) is 0 Å². The average molecular weight is 361 g/mol. The van der Waals surface area contributed by atoms with Crippen LogP contribution in [0.5, 0.6) is 0 Å². The monoisotopic (exact) mass is 361 g/mol. The first-order valence-corrected chi connectivity index (χ1v) is 9.94. The number of nitrogen functional groups attached to an aromatic ring is 1. The van der Waals surface area contributed by atoms with Gasteiger partial charge in [0.1, 0.15) is 12.0 Å². The van der Waals surface area contributed by atoms with Crippen molar-refractivity contribution in [1.82, 2.24) is 9.97 Å². The van der Waals surface area contributed by atoms with E-state index in [0.29, 0.717) is 18.3 Å². The van der Waals surface area contributed by atoms with Gasteiger partial charge in [-0.15, -0.1) is 0 Å². The lowest BCUT2D eigenvalue weighted by molar-refractivity contribution is -0.148. The van der Waals surface area contributed by atoms with E-state index in [2.05, 4.69) is 26.7 Å². The van der Waals surface area contributed by atoms with Crippen molar-refractivity contribution < 1.29 is 9.53 Å². The van der Waals surface area contributed by atoms with Crippen molar-refractivity contribution in [2.45, 2.75) is 58.4 Å². The number of ether oxygens (including phenoxy) is 1. The maximum Gasteiger partial charge on any atom is 0.309 e. The number of carbonyl (C=O) groups excluding carboxylic acids is 1. The third kappa shape index (κ3) is 3.86. The number of rotatable bonds is 5. The number of anilines is 3. The molecule has 3 rings (SSSR count). The van der Waals surface area contributed by atoms with Gasteiger partial charge in [-0.1, -0.05) is 6.92 Å². The molecule has 2 fully saturated rings. The van der Waals surface area contributed by atoms with Crippen LogP contribution in [0, 0.1) is 5.92 Å². The third-order valence-electron chi connectivity index (χ3n) is 5.63. The van der Waals surface area contributed by atoms with Crippen molar-refractivity contribution in [3.05, 3.63) is 6.33 Å². The summed E-state index contributed by atoms with van der Waals surface area (Å²) in [5.74, 6) is 1.58. The molecule has 2 aliphatic rings. The Kier molecular flexibility index (Phi) is 6.16. The molecule has 0 bridgehead atoms. The number of piperidine rings is 2. The van der Waals surface area contributed by atoms with E-state index in [4.69, 9.17) is 10.5 Å². The molecule has 3 heterocycles. The molecule has 7 nitrogen and oxygen atoms in total. The van der Waals surface area contributed by atoms with Crippen molar-refractivity contribution in [1.29, 1.82) is 0 Å². The topological polar surface area (TPSA) is 84.6 Å². The highest BCUT2D eigenvalue weighted by atomic mass is 16.5. The van der Waals surface area contributed by atoms with Gasteiger partial charge < -0.3 is 20.3 Å². The molecule has 0 aliphatic carbocycles. The summed E-state index contributed by atoms with van der Waals surface area (Å²) in [7, 11) is 0. The Morgan fingerprint density at radius 1 is 1.15 bits per heavy atom. The van der Waals surface area contributed by atoms with Gasteiger partial charge in [-0.3, -0.25) is 4.79 Å². The molecule has 0 radical (unpaired) electrons. The van der Waals surface area contributed by atoms with Crippen LogP contribution in [0.1, 0.15) is 52.4 Å². The minimum atomic E-state index is -0.0809. The first kappa shape index (κ1) is 18.7. The zero-order valence-corrected chi connectivity index (χ0v) is 16.0. The van der Waals surface area contributed by atoms with Crippen LogP contribution < -0.4 is 15.5 Å². The largest absolute Gasteiger partial charge is 0.466 e. The fourth-order valence-corrected chi connectivity index (χ4v) is 4.15. The SMILES string of the molecule is CCOC(=O)C1CCN(c2ncnc(N3CCCCC3CC)c2N)CC1. The summed E-state index contributed by atoms with van der Waals surface area (Å²) in [4.78, 5) is 25.5. The van der Waals surface area contributed by atoms with Gasteiger partial charge >= 0.3 is 5.97 Å². The molecule has 0 saturated carbocycles. The first-order valence-electron chi connectivity index (χ1n) is 9.94. The van der Waals surface area contributed by atoms with E-state index in [0.717, 1.165) is 50.5 Å². The van der Waals surface area contributed by atoms with Crippen molar-refractivity contribution in [2.75, 3.05) is 41.8 Å². The first-order chi connectivity index (χ1) is 12.7. The molecule has 0 aromatic carbocycles. The standard InChI is InChI=1S/C19H31N5O2/c1-3-15-7-5-6-10-24(15)18-16(20)17(21-13-22-18)23-11-8-14(9-12-23)19(25)26-4-2/h13-15H,3-12,20H2,1-2H3. The average Bonchev–Trinajstić information content (AvgIpc) is 2.68. The summed E-state index contributed by atoms with van der Waals surface area (Å²) in [6.45, 7) is 7.05. The fourth-order valence-electron chi connectivity index (χ4n) is 4.15.